The van der Waals surface area contributed by atoms with E-state index in [1.807, 2.05) is 0 Å². The number of primary amides is 1. The van der Waals surface area contributed by atoms with Gasteiger partial charge in [0.25, 0.3) is 11.8 Å². The average Bonchev–Trinajstić information content (AvgIpc) is 3.14. The van der Waals surface area contributed by atoms with E-state index in [1.54, 1.807) is 50.3 Å². The Kier molecular flexibility index (Phi) is 4.64. The number of rotatable bonds is 5. The highest BCUT2D eigenvalue weighted by Crippen LogP contribution is 2.39. The number of urea groups is 1. The highest BCUT2D eigenvalue weighted by atomic mass is 16.2. The average molecular weight is 372 g/mol. The number of benzene rings is 1. The molecule has 9 nitrogen and oxygen atoms in total. The van der Waals surface area contributed by atoms with Gasteiger partial charge in [-0.05, 0) is 44.8 Å². The number of amides is 5. The fourth-order valence-corrected chi connectivity index (χ4v) is 3.43. The summed E-state index contributed by atoms with van der Waals surface area (Å²) in [4.78, 5) is 55.1. The minimum Gasteiger partial charge on any atom is -0.367 e. The smallest absolute Gasteiger partial charge is 0.332 e. The molecule has 27 heavy (non-hydrogen) atoms. The molecule has 2 heterocycles. The van der Waals surface area contributed by atoms with Crippen molar-refractivity contribution in [2.75, 3.05) is 44.0 Å². The second-order valence-corrected chi connectivity index (χ2v) is 6.91. The van der Waals surface area contributed by atoms with E-state index >= 15 is 0 Å². The molecular weight excluding hydrogens is 350 g/mol. The van der Waals surface area contributed by atoms with Crippen LogP contribution in [0.25, 0.3) is 0 Å². The number of imide groups is 1. The van der Waals surface area contributed by atoms with E-state index in [-0.39, 0.29) is 19.0 Å². The molecule has 0 bridgehead atoms. The summed E-state index contributed by atoms with van der Waals surface area (Å²) in [5.41, 5.74) is 4.69. The van der Waals surface area contributed by atoms with Crippen molar-refractivity contribution in [1.29, 1.82) is 0 Å². The monoisotopic (exact) mass is 372 g/mol. The number of nitrogens with two attached hydrogens (primary N) is 1. The Morgan fingerprint density at radius 2 is 1.78 bits per heavy atom. The van der Waals surface area contributed by atoms with Gasteiger partial charge in [0.05, 0.1) is 12.2 Å². The second kappa shape index (κ2) is 6.66. The van der Waals surface area contributed by atoms with Gasteiger partial charge in [-0.2, -0.15) is 0 Å². The molecule has 0 spiro atoms. The maximum absolute atomic E-state index is 12.9. The normalized spacial score (nSPS) is 21.8. The van der Waals surface area contributed by atoms with Crippen LogP contribution in [-0.2, 0) is 14.4 Å². The maximum Gasteiger partial charge on any atom is 0.332 e. The zero-order chi connectivity index (χ0) is 19.9. The molecule has 5 amide bonds. The van der Waals surface area contributed by atoms with Crippen molar-refractivity contribution in [3.05, 3.63) is 30.7 Å². The predicted octanol–water partition coefficient (Wildman–Crippen LogP) is -0.188. The molecule has 2 fully saturated rings. The molecule has 1 atom stereocenters. The van der Waals surface area contributed by atoms with Crippen LogP contribution in [0.4, 0.5) is 16.2 Å². The number of anilines is 2. The Labute approximate surface area is 157 Å². The van der Waals surface area contributed by atoms with Crippen molar-refractivity contribution in [2.24, 2.45) is 5.73 Å². The van der Waals surface area contributed by atoms with Crippen molar-refractivity contribution in [3.63, 3.8) is 0 Å². The van der Waals surface area contributed by atoms with E-state index in [4.69, 9.17) is 5.73 Å². The summed E-state index contributed by atoms with van der Waals surface area (Å²) in [6.45, 7) is 0.525. The first-order chi connectivity index (χ1) is 12.7. The van der Waals surface area contributed by atoms with Gasteiger partial charge in [-0.15, -0.1) is 0 Å². The van der Waals surface area contributed by atoms with E-state index < -0.39 is 23.4 Å². The van der Waals surface area contributed by atoms with Gasteiger partial charge < -0.3 is 20.4 Å². The van der Waals surface area contributed by atoms with E-state index in [9.17, 15) is 19.2 Å². The number of hydrogen-bond acceptors (Lipinski definition) is 5. The van der Waals surface area contributed by atoms with Crippen LogP contribution < -0.4 is 15.5 Å². The van der Waals surface area contributed by atoms with Crippen LogP contribution in [0.2, 0.25) is 0 Å². The Morgan fingerprint density at radius 1 is 1.15 bits per heavy atom. The Morgan fingerprint density at radius 3 is 2.30 bits per heavy atom. The molecule has 3 rings (SSSR count). The number of fused-ring (bicyclic) bond motifs is 1. The van der Waals surface area contributed by atoms with Crippen LogP contribution >= 0.6 is 0 Å². The van der Waals surface area contributed by atoms with E-state index in [1.165, 1.54) is 16.2 Å². The Balaban J connectivity index is 1.86. The van der Waals surface area contributed by atoms with Gasteiger partial charge in [0, 0.05) is 25.7 Å². The van der Waals surface area contributed by atoms with Crippen LogP contribution in [0.15, 0.2) is 24.3 Å². The summed E-state index contributed by atoms with van der Waals surface area (Å²) in [6.07, 6.45) is 1.93. The van der Waals surface area contributed by atoms with E-state index in [2.05, 4.69) is 0 Å². The van der Waals surface area contributed by atoms with Crippen LogP contribution in [-0.4, -0.2) is 73.3 Å². The van der Waals surface area contributed by atoms with Crippen molar-refractivity contribution >= 4 is 35.1 Å². The lowest BCUT2D eigenvalue weighted by Crippen LogP contribution is -2.55. The summed E-state index contributed by atoms with van der Waals surface area (Å²) in [7, 11) is 5.26. The van der Waals surface area contributed by atoms with Crippen molar-refractivity contribution in [3.8, 4) is 0 Å². The Hall–Kier alpha value is -2.94. The summed E-state index contributed by atoms with van der Waals surface area (Å²) in [6, 6.07) is 5.86. The van der Waals surface area contributed by atoms with E-state index in [0.29, 0.717) is 17.8 Å². The first kappa shape index (κ1) is 18.8. The number of likely N-dealkylation sites (N-methyl/N-ethyl adjacent to an activating group) is 2. The zero-order valence-electron chi connectivity index (χ0n) is 15.5. The summed E-state index contributed by atoms with van der Waals surface area (Å²) in [5.74, 6) is -1.61. The first-order valence-electron chi connectivity index (χ1n) is 8.52. The number of carbonyl (C=O) groups excluding carboxylic acids is 4. The minimum atomic E-state index is -1.70. The highest BCUT2D eigenvalue weighted by Gasteiger charge is 2.64. The molecule has 9 heteroatoms. The summed E-state index contributed by atoms with van der Waals surface area (Å²) < 4.78 is 0. The lowest BCUT2D eigenvalue weighted by molar-refractivity contribution is -0.134. The van der Waals surface area contributed by atoms with Crippen molar-refractivity contribution in [2.45, 2.75) is 12.0 Å². The Bertz CT molecular complexity index is 806. The molecule has 0 aromatic heterocycles. The van der Waals surface area contributed by atoms with Crippen LogP contribution in [0.1, 0.15) is 6.42 Å². The third-order valence-corrected chi connectivity index (χ3v) is 4.87. The van der Waals surface area contributed by atoms with Gasteiger partial charge in [0.15, 0.2) is 0 Å². The van der Waals surface area contributed by atoms with Crippen molar-refractivity contribution in [1.82, 2.24) is 9.80 Å². The van der Waals surface area contributed by atoms with Gasteiger partial charge in [-0.3, -0.25) is 14.4 Å². The summed E-state index contributed by atoms with van der Waals surface area (Å²) in [5, 5.41) is 0. The number of hydrogen-bond donors (Lipinski definition) is 1. The molecule has 0 saturated carbocycles. The molecule has 1 radical (unpaired) electrons. The third kappa shape index (κ3) is 2.84. The topological polar surface area (TPSA) is 107 Å². The molecule has 2 aliphatic rings. The lowest BCUT2D eigenvalue weighted by atomic mass is 9.95. The van der Waals surface area contributed by atoms with Crippen LogP contribution in [0.3, 0.4) is 0 Å². The van der Waals surface area contributed by atoms with E-state index in [0.717, 1.165) is 4.90 Å². The number of carbonyl (C=O) groups is 4. The van der Waals surface area contributed by atoms with Gasteiger partial charge >= 0.3 is 6.03 Å². The second-order valence-electron chi connectivity index (χ2n) is 6.91. The zero-order valence-corrected chi connectivity index (χ0v) is 15.5. The van der Waals surface area contributed by atoms with Crippen molar-refractivity contribution < 1.29 is 19.2 Å². The largest absolute Gasteiger partial charge is 0.367 e. The van der Waals surface area contributed by atoms with Crippen LogP contribution in [0, 0.1) is 6.42 Å². The minimum absolute atomic E-state index is 0.0935. The third-order valence-electron chi connectivity index (χ3n) is 4.87. The van der Waals surface area contributed by atoms with Gasteiger partial charge in [-0.25, -0.2) is 9.69 Å². The lowest BCUT2D eigenvalue weighted by Gasteiger charge is -2.23. The molecule has 1 aromatic rings. The molecule has 0 aliphatic carbocycles. The van der Waals surface area contributed by atoms with Crippen LogP contribution in [0.5, 0.6) is 0 Å². The van der Waals surface area contributed by atoms with Gasteiger partial charge in [0.1, 0.15) is 0 Å². The SMILES string of the molecule is CN(C)CC(=O)N(C)c1ccc(N2C(=O)N3CC[CH][C@]3(C(N)=O)C2=O)cc1. The highest BCUT2D eigenvalue weighted by molar-refractivity contribution is 6.32. The molecule has 1 aromatic carbocycles. The van der Waals surface area contributed by atoms with Gasteiger partial charge in [0.2, 0.25) is 11.4 Å². The molecule has 2 saturated heterocycles. The molecular formula is C18H22N5O4. The summed E-state index contributed by atoms with van der Waals surface area (Å²) >= 11 is 0. The first-order valence-corrected chi connectivity index (χ1v) is 8.52. The predicted molar refractivity (Wildman–Crippen MR) is 98.8 cm³/mol. The molecule has 143 valence electrons. The standard InChI is InChI=1S/C18H22N5O4/c1-20(2)11-14(24)21(3)12-5-7-13(8-6-12)23-16(26)18(15(19)25)9-4-10-22(18)17(23)27/h5-9H,4,10-11H2,1-3H3,(H2,19,25)/t18-/m0/s1. The number of nitrogens with zero attached hydrogens (tertiary/aromatic N) is 4. The molecule has 0 unspecified atom stereocenters. The fourth-order valence-electron chi connectivity index (χ4n) is 3.43. The quantitative estimate of drug-likeness (QED) is 0.570. The molecule has 2 aliphatic heterocycles. The molecule has 2 N–H and O–H groups in total. The fraction of sp³-hybridized carbons (Fsp3) is 0.389. The van der Waals surface area contributed by atoms with Gasteiger partial charge in [-0.1, -0.05) is 0 Å². The maximum atomic E-state index is 12.9.